The molecule has 4 nitrogen and oxygen atoms in total. The van der Waals surface area contributed by atoms with Gasteiger partial charge in [0.05, 0.1) is 11.7 Å². The molecule has 4 heteroatoms. The minimum atomic E-state index is 0.664. The van der Waals surface area contributed by atoms with Gasteiger partial charge in [-0.3, -0.25) is 4.68 Å². The Morgan fingerprint density at radius 2 is 1.95 bits per heavy atom. The van der Waals surface area contributed by atoms with Crippen molar-refractivity contribution < 1.29 is 0 Å². The van der Waals surface area contributed by atoms with E-state index in [9.17, 15) is 0 Å². The second kappa shape index (κ2) is 6.06. The molecular weight excluding hydrogens is 236 g/mol. The lowest BCUT2D eigenvalue weighted by molar-refractivity contribution is 0.233. The Hall–Kier alpha value is -0.870. The molecule has 1 aromatic heterocycles. The van der Waals surface area contributed by atoms with E-state index in [1.54, 1.807) is 0 Å². The monoisotopic (exact) mass is 262 g/mol. The van der Waals surface area contributed by atoms with Crippen LogP contribution >= 0.6 is 0 Å². The number of nitrogens with one attached hydrogen (secondary N) is 1. The number of piperidine rings is 1. The van der Waals surface area contributed by atoms with Crippen LogP contribution in [-0.2, 0) is 6.54 Å². The quantitative estimate of drug-likeness (QED) is 0.903. The zero-order valence-electron chi connectivity index (χ0n) is 12.0. The van der Waals surface area contributed by atoms with Crippen molar-refractivity contribution in [3.8, 4) is 0 Å². The van der Waals surface area contributed by atoms with Gasteiger partial charge in [-0.05, 0) is 51.9 Å². The van der Waals surface area contributed by atoms with Gasteiger partial charge in [-0.15, -0.1) is 0 Å². The molecule has 0 atom stereocenters. The first-order valence-electron chi connectivity index (χ1n) is 7.77. The third-order valence-corrected chi connectivity index (χ3v) is 4.65. The summed E-state index contributed by atoms with van der Waals surface area (Å²) in [6, 6.07) is 3.52. The minimum absolute atomic E-state index is 0.664. The first-order chi connectivity index (χ1) is 9.31. The lowest BCUT2D eigenvalue weighted by atomic mass is 10.1. The average molecular weight is 262 g/mol. The van der Waals surface area contributed by atoms with Crippen LogP contribution in [0.1, 0.15) is 50.3 Å². The summed E-state index contributed by atoms with van der Waals surface area (Å²) < 4.78 is 2.19. The molecule has 1 saturated carbocycles. The highest BCUT2D eigenvalue weighted by molar-refractivity contribution is 5.00. The van der Waals surface area contributed by atoms with E-state index in [1.807, 2.05) is 0 Å². The molecule has 19 heavy (non-hydrogen) atoms. The van der Waals surface area contributed by atoms with Crippen LogP contribution in [0.25, 0.3) is 0 Å². The molecule has 2 heterocycles. The number of hydrogen-bond donors (Lipinski definition) is 1. The van der Waals surface area contributed by atoms with E-state index in [2.05, 4.69) is 34.2 Å². The summed E-state index contributed by atoms with van der Waals surface area (Å²) >= 11 is 0. The molecule has 0 aromatic carbocycles. The van der Waals surface area contributed by atoms with Crippen molar-refractivity contribution in [3.05, 3.63) is 18.0 Å². The van der Waals surface area contributed by atoms with Gasteiger partial charge in [0.25, 0.3) is 0 Å². The van der Waals surface area contributed by atoms with Crippen LogP contribution in [0.2, 0.25) is 0 Å². The van der Waals surface area contributed by atoms with Gasteiger partial charge in [0.2, 0.25) is 0 Å². The van der Waals surface area contributed by atoms with Crippen molar-refractivity contribution in [3.63, 3.8) is 0 Å². The van der Waals surface area contributed by atoms with E-state index >= 15 is 0 Å². The molecule has 1 aliphatic heterocycles. The maximum absolute atomic E-state index is 4.74. The normalized spacial score (nSPS) is 23.2. The number of hydrogen-bond acceptors (Lipinski definition) is 3. The molecule has 0 unspecified atom stereocenters. The molecular formula is C15H26N4. The molecule has 0 spiro atoms. The van der Waals surface area contributed by atoms with Crippen molar-refractivity contribution in [1.82, 2.24) is 20.0 Å². The van der Waals surface area contributed by atoms with Gasteiger partial charge >= 0.3 is 0 Å². The summed E-state index contributed by atoms with van der Waals surface area (Å²) in [5, 5.41) is 8.40. The van der Waals surface area contributed by atoms with Crippen molar-refractivity contribution >= 4 is 0 Å². The molecule has 1 aliphatic carbocycles. The van der Waals surface area contributed by atoms with Gasteiger partial charge in [0.1, 0.15) is 0 Å². The van der Waals surface area contributed by atoms with Crippen LogP contribution in [0.5, 0.6) is 0 Å². The fourth-order valence-corrected chi connectivity index (χ4v) is 3.31. The molecule has 1 saturated heterocycles. The van der Waals surface area contributed by atoms with Gasteiger partial charge in [-0.1, -0.05) is 12.8 Å². The van der Waals surface area contributed by atoms with E-state index in [1.165, 1.54) is 57.3 Å². The lowest BCUT2D eigenvalue weighted by Crippen LogP contribution is -2.40. The fraction of sp³-hybridized carbons (Fsp3) is 0.800. The van der Waals surface area contributed by atoms with Gasteiger partial charge in [-0.25, -0.2) is 0 Å². The summed E-state index contributed by atoms with van der Waals surface area (Å²) in [7, 11) is 2.21. The third kappa shape index (κ3) is 3.37. The third-order valence-electron chi connectivity index (χ3n) is 4.65. The summed E-state index contributed by atoms with van der Waals surface area (Å²) in [5.41, 5.74) is 1.20. The lowest BCUT2D eigenvalue weighted by Gasteiger charge is -2.29. The Balaban J connectivity index is 1.47. The Bertz CT molecular complexity index is 387. The zero-order valence-corrected chi connectivity index (χ0v) is 12.0. The predicted octanol–water partition coefficient (Wildman–Crippen LogP) is 2.18. The van der Waals surface area contributed by atoms with Crippen LogP contribution in [0.3, 0.4) is 0 Å². The molecule has 1 N–H and O–H groups in total. The van der Waals surface area contributed by atoms with Crippen LogP contribution in [0, 0.1) is 0 Å². The summed E-state index contributed by atoms with van der Waals surface area (Å²) in [5.74, 6) is 0. The molecule has 3 rings (SSSR count). The summed E-state index contributed by atoms with van der Waals surface area (Å²) in [4.78, 5) is 2.41. The van der Waals surface area contributed by atoms with E-state index < -0.39 is 0 Å². The van der Waals surface area contributed by atoms with E-state index in [0.717, 1.165) is 6.54 Å². The average Bonchev–Trinajstić information content (AvgIpc) is 3.09. The van der Waals surface area contributed by atoms with Crippen molar-refractivity contribution in [1.29, 1.82) is 0 Å². The van der Waals surface area contributed by atoms with Crippen LogP contribution in [0.15, 0.2) is 12.3 Å². The molecule has 0 amide bonds. The minimum Gasteiger partial charge on any atom is -0.308 e. The van der Waals surface area contributed by atoms with Crippen molar-refractivity contribution in [2.45, 2.75) is 57.2 Å². The highest BCUT2D eigenvalue weighted by Gasteiger charge is 2.18. The standard InChI is InChI=1S/C15H26N4/c1-18-9-6-13(7-10-18)16-12-14-8-11-19(17-14)15-4-2-3-5-15/h8,11,13,15-16H,2-7,9-10,12H2,1H3. The second-order valence-electron chi connectivity index (χ2n) is 6.18. The van der Waals surface area contributed by atoms with Gasteiger partial charge in [0.15, 0.2) is 0 Å². The highest BCUT2D eigenvalue weighted by atomic mass is 15.3. The van der Waals surface area contributed by atoms with Gasteiger partial charge < -0.3 is 10.2 Å². The van der Waals surface area contributed by atoms with E-state index in [-0.39, 0.29) is 0 Å². The highest BCUT2D eigenvalue weighted by Crippen LogP contribution is 2.28. The Labute approximate surface area is 116 Å². The van der Waals surface area contributed by atoms with Gasteiger partial charge in [0, 0.05) is 18.8 Å². The molecule has 1 aromatic rings. The smallest absolute Gasteiger partial charge is 0.0762 e. The maximum atomic E-state index is 4.74. The second-order valence-corrected chi connectivity index (χ2v) is 6.18. The first-order valence-corrected chi connectivity index (χ1v) is 7.77. The SMILES string of the molecule is CN1CCC(NCc2ccn(C3CCCC3)n2)CC1. The van der Waals surface area contributed by atoms with Crippen molar-refractivity contribution in [2.75, 3.05) is 20.1 Å². The van der Waals surface area contributed by atoms with Crippen LogP contribution in [0.4, 0.5) is 0 Å². The molecule has 106 valence electrons. The van der Waals surface area contributed by atoms with E-state index in [4.69, 9.17) is 5.10 Å². The largest absolute Gasteiger partial charge is 0.308 e. The summed E-state index contributed by atoms with van der Waals surface area (Å²) in [6.45, 7) is 3.36. The predicted molar refractivity (Wildman–Crippen MR) is 77.1 cm³/mol. The van der Waals surface area contributed by atoms with E-state index in [0.29, 0.717) is 12.1 Å². The number of likely N-dealkylation sites (tertiary alicyclic amines) is 1. The zero-order chi connectivity index (χ0) is 13.1. The Morgan fingerprint density at radius 1 is 1.21 bits per heavy atom. The van der Waals surface area contributed by atoms with Crippen LogP contribution in [-0.4, -0.2) is 40.9 Å². The fourth-order valence-electron chi connectivity index (χ4n) is 3.31. The molecule has 0 radical (unpaired) electrons. The first kappa shape index (κ1) is 13.1. The van der Waals surface area contributed by atoms with Gasteiger partial charge in [-0.2, -0.15) is 5.10 Å². The number of nitrogens with zero attached hydrogens (tertiary/aromatic N) is 3. The molecule has 0 bridgehead atoms. The summed E-state index contributed by atoms with van der Waals surface area (Å²) in [6.07, 6.45) is 10.1. The van der Waals surface area contributed by atoms with Crippen molar-refractivity contribution in [2.24, 2.45) is 0 Å². The topological polar surface area (TPSA) is 33.1 Å². The number of rotatable bonds is 4. The van der Waals surface area contributed by atoms with Crippen LogP contribution < -0.4 is 5.32 Å². The maximum Gasteiger partial charge on any atom is 0.0762 e. The number of aromatic nitrogens is 2. The Kier molecular flexibility index (Phi) is 4.18. The Morgan fingerprint density at radius 3 is 2.68 bits per heavy atom. The molecule has 2 fully saturated rings. The molecule has 2 aliphatic rings.